The van der Waals surface area contributed by atoms with Crippen LogP contribution in [0.3, 0.4) is 0 Å². The second-order valence-electron chi connectivity index (χ2n) is 4.70. The third-order valence-corrected chi connectivity index (χ3v) is 3.20. The Balaban J connectivity index is 1.83. The number of carbonyl (C=O) groups is 1. The molecule has 0 aromatic heterocycles. The van der Waals surface area contributed by atoms with E-state index in [1.54, 1.807) is 18.0 Å². The number of likely N-dealkylation sites (N-methyl/N-ethyl adjacent to an activating group) is 1. The highest BCUT2D eigenvalue weighted by Crippen LogP contribution is 2.06. The topological polar surface area (TPSA) is 41.6 Å². The molecule has 104 valence electrons. The third kappa shape index (κ3) is 4.01. The molecule has 1 heterocycles. The summed E-state index contributed by atoms with van der Waals surface area (Å²) in [6.07, 6.45) is 0.242. The maximum Gasteiger partial charge on any atom is 0.252 e. The van der Waals surface area contributed by atoms with Crippen molar-refractivity contribution < 1.29 is 13.9 Å². The fourth-order valence-corrected chi connectivity index (χ4v) is 2.07. The van der Waals surface area contributed by atoms with Crippen LogP contribution in [0, 0.1) is 5.82 Å². The van der Waals surface area contributed by atoms with Crippen molar-refractivity contribution in [2.75, 3.05) is 33.3 Å². The molecule has 0 radical (unpaired) electrons. The van der Waals surface area contributed by atoms with Gasteiger partial charge in [0.15, 0.2) is 0 Å². The monoisotopic (exact) mass is 266 g/mol. The summed E-state index contributed by atoms with van der Waals surface area (Å²) in [6, 6.07) is 6.46. The number of rotatable bonds is 4. The van der Waals surface area contributed by atoms with Gasteiger partial charge >= 0.3 is 0 Å². The lowest BCUT2D eigenvalue weighted by atomic mass is 10.1. The van der Waals surface area contributed by atoms with Crippen LogP contribution in [0.1, 0.15) is 5.56 Å². The van der Waals surface area contributed by atoms with Gasteiger partial charge in [0.25, 0.3) is 5.91 Å². The van der Waals surface area contributed by atoms with Crippen LogP contribution in [0.15, 0.2) is 24.3 Å². The highest BCUT2D eigenvalue weighted by Gasteiger charge is 2.24. The van der Waals surface area contributed by atoms with Gasteiger partial charge in [0.05, 0.1) is 6.61 Å². The van der Waals surface area contributed by atoms with Crippen LogP contribution in [0.5, 0.6) is 0 Å². The fraction of sp³-hybridized carbons (Fsp3) is 0.500. The number of halogens is 1. The zero-order chi connectivity index (χ0) is 13.7. The summed E-state index contributed by atoms with van der Waals surface area (Å²) in [5, 5.41) is 3.13. The molecule has 1 saturated heterocycles. The second-order valence-corrected chi connectivity index (χ2v) is 4.70. The number of nitrogens with zero attached hydrogens (tertiary/aromatic N) is 1. The van der Waals surface area contributed by atoms with E-state index in [9.17, 15) is 9.18 Å². The molecule has 1 aliphatic heterocycles. The summed E-state index contributed by atoms with van der Waals surface area (Å²) in [5.41, 5.74) is 0.891. The predicted molar refractivity (Wildman–Crippen MR) is 70.4 cm³/mol. The van der Waals surface area contributed by atoms with Crippen molar-refractivity contribution in [3.63, 3.8) is 0 Å². The Morgan fingerprint density at radius 2 is 2.42 bits per heavy atom. The van der Waals surface area contributed by atoms with Gasteiger partial charge in [-0.05, 0) is 24.1 Å². The summed E-state index contributed by atoms with van der Waals surface area (Å²) in [6.45, 7) is 2.47. The van der Waals surface area contributed by atoms with E-state index in [1.165, 1.54) is 12.1 Å². The number of hydrogen-bond donors (Lipinski definition) is 1. The number of carbonyl (C=O) groups excluding carboxylic acids is 1. The Labute approximate surface area is 112 Å². The van der Waals surface area contributed by atoms with Gasteiger partial charge < -0.3 is 15.0 Å². The van der Waals surface area contributed by atoms with Gasteiger partial charge in [-0.3, -0.25) is 4.79 Å². The van der Waals surface area contributed by atoms with E-state index in [4.69, 9.17) is 4.74 Å². The summed E-state index contributed by atoms with van der Waals surface area (Å²) in [5.74, 6) is -0.269. The fourth-order valence-electron chi connectivity index (χ4n) is 2.07. The Morgan fingerprint density at radius 3 is 3.11 bits per heavy atom. The summed E-state index contributed by atoms with van der Waals surface area (Å²) >= 11 is 0. The highest BCUT2D eigenvalue weighted by molar-refractivity contribution is 5.81. The lowest BCUT2D eigenvalue weighted by Gasteiger charge is -2.27. The van der Waals surface area contributed by atoms with Crippen LogP contribution in [0.25, 0.3) is 0 Å². The largest absolute Gasteiger partial charge is 0.366 e. The van der Waals surface area contributed by atoms with Crippen molar-refractivity contribution in [3.05, 3.63) is 35.6 Å². The molecule has 1 N–H and O–H groups in total. The molecule has 19 heavy (non-hydrogen) atoms. The number of nitrogens with one attached hydrogen (secondary N) is 1. The number of ether oxygens (including phenoxy) is 1. The smallest absolute Gasteiger partial charge is 0.252 e. The number of morpholine rings is 1. The van der Waals surface area contributed by atoms with Gasteiger partial charge in [0.1, 0.15) is 11.9 Å². The first kappa shape index (κ1) is 14.0. The van der Waals surface area contributed by atoms with Gasteiger partial charge in [-0.2, -0.15) is 0 Å². The maximum absolute atomic E-state index is 13.0. The first-order valence-electron chi connectivity index (χ1n) is 6.48. The first-order valence-corrected chi connectivity index (χ1v) is 6.48. The SMILES string of the molecule is CN(CCc1cccc(F)c1)C(=O)C1CNCCO1. The van der Waals surface area contributed by atoms with Crippen LogP contribution < -0.4 is 5.32 Å². The van der Waals surface area contributed by atoms with Crippen molar-refractivity contribution in [2.45, 2.75) is 12.5 Å². The standard InChI is InChI=1S/C14H19FN2O2/c1-17(14(18)13-10-16-6-8-19-13)7-5-11-3-2-4-12(15)9-11/h2-4,9,13,16H,5-8,10H2,1H3. The Hall–Kier alpha value is -1.46. The molecule has 1 atom stereocenters. The zero-order valence-electron chi connectivity index (χ0n) is 11.1. The number of hydrogen-bond acceptors (Lipinski definition) is 3. The van der Waals surface area contributed by atoms with Crippen LogP contribution in [-0.2, 0) is 16.0 Å². The quantitative estimate of drug-likeness (QED) is 0.877. The van der Waals surface area contributed by atoms with Crippen LogP contribution in [0.4, 0.5) is 4.39 Å². The van der Waals surface area contributed by atoms with Crippen LogP contribution >= 0.6 is 0 Å². The van der Waals surface area contributed by atoms with Gasteiger partial charge in [-0.1, -0.05) is 12.1 Å². The molecule has 1 fully saturated rings. The van der Waals surface area contributed by atoms with Crippen molar-refractivity contribution in [1.29, 1.82) is 0 Å². The zero-order valence-corrected chi connectivity index (χ0v) is 11.1. The number of benzene rings is 1. The van der Waals surface area contributed by atoms with Gasteiger partial charge in [-0.25, -0.2) is 4.39 Å². The van der Waals surface area contributed by atoms with E-state index < -0.39 is 6.10 Å². The van der Waals surface area contributed by atoms with Crippen LogP contribution in [0.2, 0.25) is 0 Å². The van der Waals surface area contributed by atoms with E-state index >= 15 is 0 Å². The number of amides is 1. The van der Waals surface area contributed by atoms with E-state index in [-0.39, 0.29) is 11.7 Å². The first-order chi connectivity index (χ1) is 9.16. The molecule has 1 aromatic rings. The Bertz CT molecular complexity index is 433. The van der Waals surface area contributed by atoms with Crippen molar-refractivity contribution in [1.82, 2.24) is 10.2 Å². The average molecular weight is 266 g/mol. The van der Waals surface area contributed by atoms with E-state index in [0.29, 0.717) is 26.1 Å². The minimum atomic E-state index is -0.397. The molecule has 0 spiro atoms. The lowest BCUT2D eigenvalue weighted by molar-refractivity contribution is -0.143. The lowest BCUT2D eigenvalue weighted by Crippen LogP contribution is -2.48. The van der Waals surface area contributed by atoms with Crippen molar-refractivity contribution in [3.8, 4) is 0 Å². The second kappa shape index (κ2) is 6.63. The average Bonchev–Trinajstić information content (AvgIpc) is 2.45. The maximum atomic E-state index is 13.0. The van der Waals surface area contributed by atoms with E-state index in [0.717, 1.165) is 12.1 Å². The Morgan fingerprint density at radius 1 is 1.58 bits per heavy atom. The minimum absolute atomic E-state index is 0.0244. The molecule has 1 aliphatic rings. The van der Waals surface area contributed by atoms with Gasteiger partial charge in [0, 0.05) is 26.7 Å². The molecule has 4 nitrogen and oxygen atoms in total. The minimum Gasteiger partial charge on any atom is -0.366 e. The molecule has 5 heteroatoms. The normalized spacial score (nSPS) is 19.2. The molecular weight excluding hydrogens is 247 g/mol. The predicted octanol–water partition coefficient (Wildman–Crippen LogP) is 0.815. The third-order valence-electron chi connectivity index (χ3n) is 3.20. The van der Waals surface area contributed by atoms with E-state index in [1.807, 2.05) is 6.07 Å². The molecule has 1 unspecified atom stereocenters. The summed E-state index contributed by atoms with van der Waals surface area (Å²) in [4.78, 5) is 13.7. The molecule has 1 amide bonds. The van der Waals surface area contributed by atoms with Gasteiger partial charge in [-0.15, -0.1) is 0 Å². The molecule has 0 bridgehead atoms. The van der Waals surface area contributed by atoms with Gasteiger partial charge in [0.2, 0.25) is 0 Å². The molecular formula is C14H19FN2O2. The summed E-state index contributed by atoms with van der Waals surface area (Å²) in [7, 11) is 1.75. The van der Waals surface area contributed by atoms with E-state index in [2.05, 4.69) is 5.32 Å². The highest BCUT2D eigenvalue weighted by atomic mass is 19.1. The molecule has 2 rings (SSSR count). The molecule has 1 aromatic carbocycles. The van der Waals surface area contributed by atoms with Crippen LogP contribution in [-0.4, -0.2) is 50.2 Å². The van der Waals surface area contributed by atoms with Crippen molar-refractivity contribution >= 4 is 5.91 Å². The molecule has 0 aliphatic carbocycles. The summed E-state index contributed by atoms with van der Waals surface area (Å²) < 4.78 is 18.5. The van der Waals surface area contributed by atoms with Crippen molar-refractivity contribution in [2.24, 2.45) is 0 Å². The Kier molecular flexibility index (Phi) is 4.87. The molecule has 0 saturated carbocycles.